The molecule has 0 aromatic rings. The van der Waals surface area contributed by atoms with Crippen LogP contribution >= 0.6 is 15.9 Å². The van der Waals surface area contributed by atoms with E-state index < -0.39 is 17.6 Å². The molecule has 0 saturated heterocycles. The Morgan fingerprint density at radius 3 is 2.45 bits per heavy atom. The van der Waals surface area contributed by atoms with Gasteiger partial charge in [0.25, 0.3) is 0 Å². The molecule has 2 nitrogen and oxygen atoms in total. The summed E-state index contributed by atoms with van der Waals surface area (Å²) >= 11 is 2.65. The highest BCUT2D eigenvalue weighted by Gasteiger charge is 2.15. The normalized spacial score (nSPS) is 12.4. The fraction of sp³-hybridized carbons (Fsp3) is 0.500. The fourth-order valence-electron chi connectivity index (χ4n) is 0.364. The Bertz CT molecular complexity index is 179. The molecule has 11 heavy (non-hydrogen) atoms. The largest absolute Gasteiger partial charge is 0.461 e. The van der Waals surface area contributed by atoms with Crippen molar-refractivity contribution in [1.82, 2.24) is 0 Å². The van der Waals surface area contributed by atoms with E-state index in [9.17, 15) is 13.6 Å². The molecule has 0 amide bonds. The first-order valence-electron chi connectivity index (χ1n) is 2.90. The van der Waals surface area contributed by atoms with E-state index in [0.29, 0.717) is 0 Å². The predicted molar refractivity (Wildman–Crippen MR) is 39.7 cm³/mol. The number of ether oxygens (including phenoxy) is 1. The van der Waals surface area contributed by atoms with Gasteiger partial charge in [-0.05, 0) is 6.92 Å². The van der Waals surface area contributed by atoms with E-state index in [1.807, 2.05) is 0 Å². The smallest absolute Gasteiger partial charge is 0.369 e. The van der Waals surface area contributed by atoms with Crippen LogP contribution in [0.4, 0.5) is 8.78 Å². The summed E-state index contributed by atoms with van der Waals surface area (Å²) in [4.78, 5) is 10.4. The zero-order chi connectivity index (χ0) is 8.85. The summed E-state index contributed by atoms with van der Waals surface area (Å²) in [5.74, 6) is -3.88. The second-order valence-electron chi connectivity index (χ2n) is 1.57. The minimum Gasteiger partial charge on any atom is -0.461 e. The van der Waals surface area contributed by atoms with E-state index in [4.69, 9.17) is 0 Å². The van der Waals surface area contributed by atoms with E-state index in [0.717, 1.165) is 0 Å². The van der Waals surface area contributed by atoms with Gasteiger partial charge < -0.3 is 4.74 Å². The zero-order valence-electron chi connectivity index (χ0n) is 5.86. The van der Waals surface area contributed by atoms with Crippen molar-refractivity contribution in [3.05, 3.63) is 11.7 Å². The maximum Gasteiger partial charge on any atom is 0.369 e. The van der Waals surface area contributed by atoms with Crippen molar-refractivity contribution in [2.75, 3.05) is 11.9 Å². The van der Waals surface area contributed by atoms with E-state index in [1.54, 1.807) is 0 Å². The van der Waals surface area contributed by atoms with Gasteiger partial charge in [0.2, 0.25) is 5.83 Å². The number of halogens is 3. The molecular formula is C6H7BrF2O2. The average molecular weight is 229 g/mol. The first-order valence-corrected chi connectivity index (χ1v) is 4.02. The van der Waals surface area contributed by atoms with Gasteiger partial charge in [-0.2, -0.15) is 4.39 Å². The Hall–Kier alpha value is -0.450. The van der Waals surface area contributed by atoms with Gasteiger partial charge in [0, 0.05) is 0 Å². The van der Waals surface area contributed by atoms with Crippen LogP contribution in [-0.4, -0.2) is 17.9 Å². The minimum atomic E-state index is -1.47. The monoisotopic (exact) mass is 228 g/mol. The summed E-state index contributed by atoms with van der Waals surface area (Å²) in [6.45, 7) is 1.54. The molecule has 0 aromatic carbocycles. The molecular weight excluding hydrogens is 222 g/mol. The molecule has 0 rings (SSSR count). The van der Waals surface area contributed by atoms with Crippen LogP contribution in [0.1, 0.15) is 6.92 Å². The number of rotatable bonds is 3. The van der Waals surface area contributed by atoms with Crippen LogP contribution in [0.15, 0.2) is 11.7 Å². The van der Waals surface area contributed by atoms with Crippen LogP contribution in [0.5, 0.6) is 0 Å². The molecule has 0 N–H and O–H groups in total. The van der Waals surface area contributed by atoms with Crippen LogP contribution in [0, 0.1) is 0 Å². The van der Waals surface area contributed by atoms with Gasteiger partial charge >= 0.3 is 5.97 Å². The third-order valence-corrected chi connectivity index (χ3v) is 1.30. The maximum atomic E-state index is 12.4. The highest BCUT2D eigenvalue weighted by molar-refractivity contribution is 9.09. The number of carbonyl (C=O) groups is 1. The number of alkyl halides is 1. The minimum absolute atomic E-state index is 0.0296. The molecule has 0 bridgehead atoms. The maximum absolute atomic E-state index is 12.4. The molecule has 5 heteroatoms. The van der Waals surface area contributed by atoms with Crippen molar-refractivity contribution >= 4 is 21.9 Å². The fourth-order valence-corrected chi connectivity index (χ4v) is 0.610. The molecule has 0 fully saturated rings. The van der Waals surface area contributed by atoms with E-state index >= 15 is 0 Å². The lowest BCUT2D eigenvalue weighted by atomic mass is 10.5. The predicted octanol–water partition coefficient (Wildman–Crippen LogP) is 2.09. The summed E-state index contributed by atoms with van der Waals surface area (Å²) in [5, 5.41) is -0.322. The second-order valence-corrected chi connectivity index (χ2v) is 2.13. The summed E-state index contributed by atoms with van der Waals surface area (Å²) in [6.07, 6.45) is 0. The Kier molecular flexibility index (Phi) is 5.02. The SMILES string of the molecule is CCOC(=O)/C(F)=C(\F)CBr. The van der Waals surface area contributed by atoms with Crippen molar-refractivity contribution in [3.63, 3.8) is 0 Å². The van der Waals surface area contributed by atoms with Gasteiger partial charge in [0.1, 0.15) is 0 Å². The molecule has 0 heterocycles. The number of hydrogen-bond acceptors (Lipinski definition) is 2. The molecule has 0 spiro atoms. The van der Waals surface area contributed by atoms with Crippen LogP contribution in [0.2, 0.25) is 0 Å². The van der Waals surface area contributed by atoms with E-state index in [1.165, 1.54) is 6.92 Å². The first kappa shape index (κ1) is 10.6. The van der Waals surface area contributed by atoms with Crippen molar-refractivity contribution in [2.24, 2.45) is 0 Å². The van der Waals surface area contributed by atoms with Crippen molar-refractivity contribution in [3.8, 4) is 0 Å². The third-order valence-electron chi connectivity index (χ3n) is 0.810. The number of hydrogen-bond donors (Lipinski definition) is 0. The molecule has 0 aliphatic carbocycles. The Morgan fingerprint density at radius 2 is 2.09 bits per heavy atom. The standard InChI is InChI=1S/C6H7BrF2O2/c1-2-11-6(10)5(9)4(8)3-7/h2-3H2,1H3/b5-4+. The van der Waals surface area contributed by atoms with Crippen LogP contribution in [-0.2, 0) is 9.53 Å². The summed E-state index contributed by atoms with van der Waals surface area (Å²) in [5.41, 5.74) is 0. The van der Waals surface area contributed by atoms with Gasteiger partial charge in [-0.25, -0.2) is 9.18 Å². The van der Waals surface area contributed by atoms with Gasteiger partial charge in [0.15, 0.2) is 5.83 Å². The molecule has 64 valence electrons. The van der Waals surface area contributed by atoms with Crippen LogP contribution < -0.4 is 0 Å². The first-order chi connectivity index (χ1) is 5.13. The molecule has 0 unspecified atom stereocenters. The van der Waals surface area contributed by atoms with Gasteiger partial charge in [-0.3, -0.25) is 0 Å². The van der Waals surface area contributed by atoms with Crippen LogP contribution in [0.3, 0.4) is 0 Å². The zero-order valence-corrected chi connectivity index (χ0v) is 7.45. The van der Waals surface area contributed by atoms with E-state index in [-0.39, 0.29) is 11.9 Å². The Morgan fingerprint density at radius 1 is 1.55 bits per heavy atom. The average Bonchev–Trinajstić information content (AvgIpc) is 2.02. The number of esters is 1. The van der Waals surface area contributed by atoms with Gasteiger partial charge in [0.05, 0.1) is 11.9 Å². The summed E-state index contributed by atoms with van der Waals surface area (Å²) < 4.78 is 28.8. The summed E-state index contributed by atoms with van der Waals surface area (Å²) in [7, 11) is 0. The lowest BCUT2D eigenvalue weighted by Gasteiger charge is -1.98. The Labute approximate surface area is 71.3 Å². The quantitative estimate of drug-likeness (QED) is 0.420. The second kappa shape index (κ2) is 5.23. The van der Waals surface area contributed by atoms with Crippen molar-refractivity contribution in [2.45, 2.75) is 6.92 Å². The molecule has 0 aliphatic rings. The lowest BCUT2D eigenvalue weighted by Crippen LogP contribution is -2.06. The molecule has 0 atom stereocenters. The highest BCUT2D eigenvalue weighted by atomic mass is 79.9. The van der Waals surface area contributed by atoms with Gasteiger partial charge in [-0.15, -0.1) is 0 Å². The number of allylic oxidation sites excluding steroid dienone is 1. The molecule has 0 saturated carbocycles. The topological polar surface area (TPSA) is 26.3 Å². The molecule has 0 radical (unpaired) electrons. The molecule has 0 aliphatic heterocycles. The van der Waals surface area contributed by atoms with E-state index in [2.05, 4.69) is 20.7 Å². The van der Waals surface area contributed by atoms with Crippen LogP contribution in [0.25, 0.3) is 0 Å². The molecule has 0 aromatic heterocycles. The van der Waals surface area contributed by atoms with Gasteiger partial charge in [-0.1, -0.05) is 15.9 Å². The Balaban J connectivity index is 4.22. The van der Waals surface area contributed by atoms with Crippen molar-refractivity contribution in [1.29, 1.82) is 0 Å². The third kappa shape index (κ3) is 3.46. The number of carbonyl (C=O) groups excluding carboxylic acids is 1. The highest BCUT2D eigenvalue weighted by Crippen LogP contribution is 2.11. The summed E-state index contributed by atoms with van der Waals surface area (Å²) in [6, 6.07) is 0. The van der Waals surface area contributed by atoms with Crippen molar-refractivity contribution < 1.29 is 18.3 Å². The lowest BCUT2D eigenvalue weighted by molar-refractivity contribution is -0.140.